The summed E-state index contributed by atoms with van der Waals surface area (Å²) in [6.07, 6.45) is 1.52. The highest BCUT2D eigenvalue weighted by Gasteiger charge is 2.70. The molecule has 0 bridgehead atoms. The summed E-state index contributed by atoms with van der Waals surface area (Å²) in [6, 6.07) is -0.325. The van der Waals surface area contributed by atoms with Crippen molar-refractivity contribution in [1.29, 1.82) is 0 Å². The van der Waals surface area contributed by atoms with Crippen LogP contribution in [0.3, 0.4) is 0 Å². The number of anilines is 1. The number of aromatic hydroxyl groups is 1. The number of primary amides is 1. The zero-order valence-electron chi connectivity index (χ0n) is 23.7. The third kappa shape index (κ3) is 4.05. The fourth-order valence-corrected chi connectivity index (χ4v) is 7.34. The largest absolute Gasteiger partial charge is 0.508 e. The molecule has 1 heterocycles. The van der Waals surface area contributed by atoms with E-state index in [-0.39, 0.29) is 37.2 Å². The summed E-state index contributed by atoms with van der Waals surface area (Å²) in [5, 5.41) is 48.0. The minimum absolute atomic E-state index is 0.0251. The van der Waals surface area contributed by atoms with Gasteiger partial charge in [0.25, 0.3) is 5.91 Å². The van der Waals surface area contributed by atoms with Crippen LogP contribution in [0.25, 0.3) is 5.76 Å². The van der Waals surface area contributed by atoms with Gasteiger partial charge in [0.05, 0.1) is 23.8 Å². The number of nitrogens with two attached hydrogens (primary N) is 1. The van der Waals surface area contributed by atoms with Crippen LogP contribution in [0.5, 0.6) is 5.75 Å². The number of carbonyl (C=O) groups excluding carboxylic acids is 4. The maximum absolute atomic E-state index is 15.5. The standard InChI is InChI=1S/C29H35FN4O8/c1-4-33(3)24-23(38)20(27(31)41)26(40)29(42)25(39)18-13(11-28(24,29)2)9-14-15(30)10-16(21(36)19(14)22(18)37)32-17(35)12-34-7-5-6-8-34/h10,13,24,36-37,40,42H,4-9,11-12H2,1-3H3,(H2,31,41)(H,32,35)/t13-,24+,28-,29-/m0/s1. The lowest BCUT2D eigenvalue weighted by Crippen LogP contribution is -2.71. The smallest absolute Gasteiger partial charge is 0.255 e. The number of hydrogen-bond donors (Lipinski definition) is 6. The number of phenols is 1. The second kappa shape index (κ2) is 10.2. The molecule has 0 aromatic heterocycles. The first-order valence-corrected chi connectivity index (χ1v) is 13.9. The lowest BCUT2D eigenvalue weighted by molar-refractivity contribution is -0.172. The molecule has 13 heteroatoms. The zero-order chi connectivity index (χ0) is 30.9. The molecule has 226 valence electrons. The quantitative estimate of drug-likeness (QED) is 0.206. The molecular formula is C29H35FN4O8. The Bertz CT molecular complexity index is 1480. The number of carbonyl (C=O) groups is 4. The normalized spacial score (nSPS) is 29.5. The molecule has 5 rings (SSSR count). The van der Waals surface area contributed by atoms with Crippen molar-refractivity contribution in [2.24, 2.45) is 17.1 Å². The molecule has 0 radical (unpaired) electrons. The Labute approximate surface area is 241 Å². The maximum Gasteiger partial charge on any atom is 0.255 e. The Balaban J connectivity index is 1.63. The predicted molar refractivity (Wildman–Crippen MR) is 148 cm³/mol. The monoisotopic (exact) mass is 586 g/mol. The van der Waals surface area contributed by atoms with E-state index in [9.17, 15) is 39.6 Å². The number of phenolic OH excluding ortho intramolecular Hbond substituents is 1. The van der Waals surface area contributed by atoms with Crippen molar-refractivity contribution in [3.05, 3.63) is 39.9 Å². The lowest BCUT2D eigenvalue weighted by Gasteiger charge is -2.57. The number of benzene rings is 1. The molecule has 1 aromatic carbocycles. The second-order valence-corrected chi connectivity index (χ2v) is 11.9. The van der Waals surface area contributed by atoms with Gasteiger partial charge in [0.15, 0.2) is 17.1 Å². The van der Waals surface area contributed by atoms with Gasteiger partial charge in [0.2, 0.25) is 11.7 Å². The van der Waals surface area contributed by atoms with Gasteiger partial charge in [-0.05, 0) is 58.3 Å². The molecule has 3 aliphatic carbocycles. The molecule has 0 spiro atoms. The number of fused-ring (bicyclic) bond motifs is 3. The van der Waals surface area contributed by atoms with Crippen molar-refractivity contribution < 1.29 is 44.0 Å². The van der Waals surface area contributed by atoms with Crippen molar-refractivity contribution in [1.82, 2.24) is 9.80 Å². The average molecular weight is 587 g/mol. The number of likely N-dealkylation sites (N-methyl/N-ethyl adjacent to an activating group) is 1. The highest BCUT2D eigenvalue weighted by Crippen LogP contribution is 2.59. The molecule has 7 N–H and O–H groups in total. The molecule has 4 atom stereocenters. The van der Waals surface area contributed by atoms with Crippen LogP contribution in [0.1, 0.15) is 44.2 Å². The molecule has 4 aliphatic rings. The second-order valence-electron chi connectivity index (χ2n) is 11.9. The fraction of sp³-hybridized carbons (Fsp3) is 0.517. The van der Waals surface area contributed by atoms with Gasteiger partial charge in [0.1, 0.15) is 22.9 Å². The molecule has 2 amide bonds. The summed E-state index contributed by atoms with van der Waals surface area (Å²) in [5.74, 6) is -8.39. The molecule has 1 aromatic rings. The van der Waals surface area contributed by atoms with Crippen LogP contribution in [0.15, 0.2) is 23.0 Å². The predicted octanol–water partition coefficient (Wildman–Crippen LogP) is 0.918. The number of amides is 2. The topological polar surface area (TPSA) is 194 Å². The summed E-state index contributed by atoms with van der Waals surface area (Å²) >= 11 is 0. The third-order valence-corrected chi connectivity index (χ3v) is 9.48. The minimum Gasteiger partial charge on any atom is -0.508 e. The number of aliphatic hydroxyl groups excluding tert-OH is 2. The highest BCUT2D eigenvalue weighted by molar-refractivity contribution is 6.25. The van der Waals surface area contributed by atoms with Crippen LogP contribution >= 0.6 is 0 Å². The Hall–Kier alpha value is -3.81. The molecule has 1 saturated heterocycles. The van der Waals surface area contributed by atoms with Gasteiger partial charge in [-0.1, -0.05) is 13.8 Å². The van der Waals surface area contributed by atoms with Crippen molar-refractivity contribution >= 4 is 34.8 Å². The number of hydrogen-bond acceptors (Lipinski definition) is 10. The molecule has 1 aliphatic heterocycles. The zero-order valence-corrected chi connectivity index (χ0v) is 23.7. The molecular weight excluding hydrogens is 551 g/mol. The van der Waals surface area contributed by atoms with Crippen LogP contribution in [0.4, 0.5) is 10.1 Å². The van der Waals surface area contributed by atoms with Gasteiger partial charge in [-0.15, -0.1) is 0 Å². The highest BCUT2D eigenvalue weighted by atomic mass is 19.1. The van der Waals surface area contributed by atoms with E-state index >= 15 is 4.39 Å². The van der Waals surface area contributed by atoms with E-state index in [1.165, 1.54) is 11.8 Å². The van der Waals surface area contributed by atoms with E-state index in [1.54, 1.807) is 14.0 Å². The van der Waals surface area contributed by atoms with Gasteiger partial charge in [0, 0.05) is 22.6 Å². The Morgan fingerprint density at radius 2 is 1.86 bits per heavy atom. The number of likely N-dealkylation sites (tertiary alicyclic amines) is 1. The summed E-state index contributed by atoms with van der Waals surface area (Å²) < 4.78 is 15.5. The van der Waals surface area contributed by atoms with Crippen molar-refractivity contribution in [3.8, 4) is 5.75 Å². The third-order valence-electron chi connectivity index (χ3n) is 9.48. The number of aliphatic hydroxyl groups is 3. The van der Waals surface area contributed by atoms with E-state index in [2.05, 4.69) is 5.32 Å². The van der Waals surface area contributed by atoms with E-state index in [1.807, 2.05) is 4.90 Å². The van der Waals surface area contributed by atoms with Crippen LogP contribution in [0, 0.1) is 17.2 Å². The average Bonchev–Trinajstić information content (AvgIpc) is 3.42. The van der Waals surface area contributed by atoms with Crippen molar-refractivity contribution in [2.45, 2.75) is 51.2 Å². The van der Waals surface area contributed by atoms with Crippen molar-refractivity contribution in [3.63, 3.8) is 0 Å². The Morgan fingerprint density at radius 3 is 2.45 bits per heavy atom. The van der Waals surface area contributed by atoms with Crippen molar-refractivity contribution in [2.75, 3.05) is 38.5 Å². The molecule has 12 nitrogen and oxygen atoms in total. The number of halogens is 1. The first-order chi connectivity index (χ1) is 19.7. The van der Waals surface area contributed by atoms with Gasteiger partial charge in [-0.25, -0.2) is 4.39 Å². The summed E-state index contributed by atoms with van der Waals surface area (Å²) in [7, 11) is 1.55. The fourth-order valence-electron chi connectivity index (χ4n) is 7.34. The number of Topliss-reactive ketones (excluding diaryl/α,β-unsaturated/α-hetero) is 2. The minimum atomic E-state index is -2.85. The number of rotatable bonds is 6. The van der Waals surface area contributed by atoms with Crippen LogP contribution < -0.4 is 11.1 Å². The van der Waals surface area contributed by atoms with Gasteiger partial charge >= 0.3 is 0 Å². The van der Waals surface area contributed by atoms with Gasteiger partial charge in [-0.2, -0.15) is 0 Å². The maximum atomic E-state index is 15.5. The first-order valence-electron chi connectivity index (χ1n) is 13.9. The van der Waals surface area contributed by atoms with E-state index in [0.29, 0.717) is 0 Å². The number of nitrogens with one attached hydrogen (secondary N) is 1. The van der Waals surface area contributed by atoms with Crippen LogP contribution in [-0.2, 0) is 25.6 Å². The SMILES string of the molecule is CCN(C)[C@@H]1C(=O)C(C(N)=O)=C(O)[C@@]2(O)C(=O)C3=C(O)c4c(O)c(NC(=O)CN5CCCC5)cc(F)c4C[C@H]3C[C@@]12C. The summed E-state index contributed by atoms with van der Waals surface area (Å²) in [6.45, 7) is 4.89. The van der Waals surface area contributed by atoms with E-state index in [0.717, 1.165) is 32.0 Å². The number of ketones is 2. The summed E-state index contributed by atoms with van der Waals surface area (Å²) in [5.41, 5.74) is -1.34. The Kier molecular flexibility index (Phi) is 7.19. The molecule has 2 fully saturated rings. The molecule has 42 heavy (non-hydrogen) atoms. The van der Waals surface area contributed by atoms with Crippen LogP contribution in [0.2, 0.25) is 0 Å². The van der Waals surface area contributed by atoms with E-state index in [4.69, 9.17) is 5.73 Å². The summed E-state index contributed by atoms with van der Waals surface area (Å²) in [4.78, 5) is 55.9. The lowest BCUT2D eigenvalue weighted by atomic mass is 9.50. The Morgan fingerprint density at radius 1 is 1.21 bits per heavy atom. The first kappa shape index (κ1) is 29.7. The molecule has 1 saturated carbocycles. The van der Waals surface area contributed by atoms with Crippen LogP contribution in [-0.4, -0.2) is 98.5 Å². The van der Waals surface area contributed by atoms with Gasteiger partial charge < -0.3 is 31.5 Å². The van der Waals surface area contributed by atoms with E-state index < -0.39 is 86.2 Å². The number of nitrogens with zero attached hydrogens (tertiary/aromatic N) is 2. The molecule has 0 unspecified atom stereocenters. The van der Waals surface area contributed by atoms with Gasteiger partial charge in [-0.3, -0.25) is 29.0 Å².